The normalized spacial score (nSPS) is 16.2. The molecule has 0 aromatic heterocycles. The molecule has 1 heterocycles. The summed E-state index contributed by atoms with van der Waals surface area (Å²) in [6.45, 7) is 3.68. The fourth-order valence-electron chi connectivity index (χ4n) is 3.18. The largest absolute Gasteiger partial charge is 0.490 e. The first-order valence-corrected chi connectivity index (χ1v) is 9.10. The molecule has 0 bridgehead atoms. The summed E-state index contributed by atoms with van der Waals surface area (Å²) in [5.41, 5.74) is 2.19. The van der Waals surface area contributed by atoms with Gasteiger partial charge in [-0.2, -0.15) is 0 Å². The third-order valence-corrected chi connectivity index (χ3v) is 4.76. The van der Waals surface area contributed by atoms with Gasteiger partial charge in [0.05, 0.1) is 0 Å². The predicted octanol–water partition coefficient (Wildman–Crippen LogP) is 2.52. The summed E-state index contributed by atoms with van der Waals surface area (Å²) in [5, 5.41) is 13.0. The molecule has 0 radical (unpaired) electrons. The Bertz CT molecular complexity index is 712. The maximum Gasteiger partial charge on any atom is 0.252 e. The summed E-state index contributed by atoms with van der Waals surface area (Å²) < 4.78 is 5.56. The van der Waals surface area contributed by atoms with Gasteiger partial charge in [0, 0.05) is 24.8 Å². The molecule has 1 saturated heterocycles. The molecule has 1 aliphatic rings. The van der Waals surface area contributed by atoms with Gasteiger partial charge >= 0.3 is 0 Å². The smallest absolute Gasteiger partial charge is 0.252 e. The molecule has 138 valence electrons. The van der Waals surface area contributed by atoms with Crippen molar-refractivity contribution in [1.29, 1.82) is 0 Å². The van der Waals surface area contributed by atoms with Gasteiger partial charge in [0.25, 0.3) is 5.91 Å². The van der Waals surface area contributed by atoms with Crippen molar-refractivity contribution in [1.82, 2.24) is 5.32 Å². The molecule has 1 amide bonds. The number of aliphatic hydroxyl groups is 1. The number of hydrogen-bond donors (Lipinski definition) is 2. The van der Waals surface area contributed by atoms with Gasteiger partial charge in [0.2, 0.25) is 0 Å². The number of nitrogens with zero attached hydrogens (tertiary/aromatic N) is 1. The zero-order valence-corrected chi connectivity index (χ0v) is 15.1. The third kappa shape index (κ3) is 4.76. The maximum absolute atomic E-state index is 12.2. The molecule has 2 N–H and O–H groups in total. The number of carbonyl (C=O) groups excluding carboxylic acids is 1. The molecule has 0 spiro atoms. The molecular weight excluding hydrogens is 328 g/mol. The van der Waals surface area contributed by atoms with E-state index in [1.165, 1.54) is 5.69 Å². The van der Waals surface area contributed by atoms with Crippen LogP contribution in [0.5, 0.6) is 5.75 Å². The highest BCUT2D eigenvalue weighted by Crippen LogP contribution is 2.20. The van der Waals surface area contributed by atoms with Crippen LogP contribution >= 0.6 is 0 Å². The van der Waals surface area contributed by atoms with Crippen LogP contribution in [-0.2, 0) is 4.79 Å². The topological polar surface area (TPSA) is 61.8 Å². The lowest BCUT2D eigenvalue weighted by Crippen LogP contribution is -2.48. The molecule has 26 heavy (non-hydrogen) atoms. The molecule has 1 atom stereocenters. The first-order valence-electron chi connectivity index (χ1n) is 9.10. The van der Waals surface area contributed by atoms with Crippen LogP contribution in [0.25, 0.3) is 0 Å². The SMILES string of the molecule is Cc1ccccc1OC[C@H](O)C(=O)NC1CCN(c2ccccc2)CC1. The lowest BCUT2D eigenvalue weighted by Gasteiger charge is -2.34. The van der Waals surface area contributed by atoms with Crippen LogP contribution in [-0.4, -0.2) is 42.9 Å². The summed E-state index contributed by atoms with van der Waals surface area (Å²) in [7, 11) is 0. The molecule has 1 aliphatic heterocycles. The van der Waals surface area contributed by atoms with Gasteiger partial charge in [-0.15, -0.1) is 0 Å². The Kier molecular flexibility index (Phi) is 6.12. The number of ether oxygens (including phenoxy) is 1. The summed E-state index contributed by atoms with van der Waals surface area (Å²) in [6, 6.07) is 17.9. The van der Waals surface area contributed by atoms with E-state index in [1.54, 1.807) is 0 Å². The van der Waals surface area contributed by atoms with E-state index in [0.29, 0.717) is 5.75 Å². The quantitative estimate of drug-likeness (QED) is 0.837. The standard InChI is InChI=1S/C21H26N2O3/c1-16-7-5-6-10-20(16)26-15-19(24)21(25)22-17-11-13-23(14-12-17)18-8-3-2-4-9-18/h2-10,17,19,24H,11-15H2,1H3,(H,22,25)/t19-/m0/s1. The summed E-state index contributed by atoms with van der Waals surface area (Å²) in [5.74, 6) is 0.326. The fraction of sp³-hybridized carbons (Fsp3) is 0.381. The number of hydrogen-bond acceptors (Lipinski definition) is 4. The van der Waals surface area contributed by atoms with Crippen LogP contribution in [0.4, 0.5) is 5.69 Å². The number of carbonyl (C=O) groups is 1. The zero-order valence-electron chi connectivity index (χ0n) is 15.1. The molecule has 5 nitrogen and oxygen atoms in total. The Morgan fingerprint density at radius 3 is 2.50 bits per heavy atom. The average Bonchev–Trinajstić information content (AvgIpc) is 2.68. The minimum Gasteiger partial charge on any atom is -0.490 e. The maximum atomic E-state index is 12.2. The number of amides is 1. The van der Waals surface area contributed by atoms with Crippen LogP contribution in [0.15, 0.2) is 54.6 Å². The molecule has 5 heteroatoms. The van der Waals surface area contributed by atoms with Crippen LogP contribution < -0.4 is 15.0 Å². The first kappa shape index (κ1) is 18.3. The highest BCUT2D eigenvalue weighted by atomic mass is 16.5. The van der Waals surface area contributed by atoms with Crippen molar-refractivity contribution >= 4 is 11.6 Å². The van der Waals surface area contributed by atoms with Crippen molar-refractivity contribution in [2.24, 2.45) is 0 Å². The van der Waals surface area contributed by atoms with E-state index < -0.39 is 6.10 Å². The van der Waals surface area contributed by atoms with E-state index in [-0.39, 0.29) is 18.6 Å². The molecule has 2 aromatic carbocycles. The van der Waals surface area contributed by atoms with Gasteiger partial charge in [0.1, 0.15) is 12.4 Å². The van der Waals surface area contributed by atoms with Gasteiger partial charge in [-0.05, 0) is 43.5 Å². The van der Waals surface area contributed by atoms with Crippen molar-refractivity contribution in [2.45, 2.75) is 31.9 Å². The zero-order chi connectivity index (χ0) is 18.4. The number of anilines is 1. The van der Waals surface area contributed by atoms with Crippen molar-refractivity contribution in [3.8, 4) is 5.75 Å². The van der Waals surface area contributed by atoms with E-state index in [9.17, 15) is 9.90 Å². The predicted molar refractivity (Wildman–Crippen MR) is 103 cm³/mol. The lowest BCUT2D eigenvalue weighted by atomic mass is 10.0. The Balaban J connectivity index is 1.43. The number of nitrogens with one attached hydrogen (secondary N) is 1. The van der Waals surface area contributed by atoms with Crippen LogP contribution in [0.3, 0.4) is 0 Å². The van der Waals surface area contributed by atoms with Gasteiger partial charge < -0.3 is 20.1 Å². The van der Waals surface area contributed by atoms with Gasteiger partial charge in [-0.25, -0.2) is 0 Å². The molecule has 0 aliphatic carbocycles. The second kappa shape index (κ2) is 8.72. The van der Waals surface area contributed by atoms with E-state index in [0.717, 1.165) is 31.5 Å². The Morgan fingerprint density at radius 2 is 1.81 bits per heavy atom. The number of rotatable bonds is 6. The van der Waals surface area contributed by atoms with E-state index >= 15 is 0 Å². The van der Waals surface area contributed by atoms with Crippen LogP contribution in [0, 0.1) is 6.92 Å². The van der Waals surface area contributed by atoms with E-state index in [1.807, 2.05) is 49.4 Å². The second-order valence-electron chi connectivity index (χ2n) is 6.70. The number of para-hydroxylation sites is 2. The minimum absolute atomic E-state index is 0.0421. The number of aliphatic hydroxyl groups excluding tert-OH is 1. The van der Waals surface area contributed by atoms with E-state index in [4.69, 9.17) is 4.74 Å². The highest BCUT2D eigenvalue weighted by Gasteiger charge is 2.24. The number of piperidine rings is 1. The Labute approximate surface area is 154 Å². The third-order valence-electron chi connectivity index (χ3n) is 4.76. The molecule has 1 fully saturated rings. The van der Waals surface area contributed by atoms with Crippen LogP contribution in [0.2, 0.25) is 0 Å². The second-order valence-corrected chi connectivity index (χ2v) is 6.70. The van der Waals surface area contributed by atoms with Crippen molar-refractivity contribution in [2.75, 3.05) is 24.6 Å². The highest BCUT2D eigenvalue weighted by molar-refractivity contribution is 5.81. The fourth-order valence-corrected chi connectivity index (χ4v) is 3.18. The van der Waals surface area contributed by atoms with Gasteiger partial charge in [-0.1, -0.05) is 36.4 Å². The summed E-state index contributed by atoms with van der Waals surface area (Å²) in [6.07, 6.45) is 0.569. The van der Waals surface area contributed by atoms with Crippen molar-refractivity contribution in [3.63, 3.8) is 0 Å². The molecule has 0 saturated carbocycles. The van der Waals surface area contributed by atoms with Crippen molar-refractivity contribution in [3.05, 3.63) is 60.2 Å². The molecule has 2 aromatic rings. The number of benzene rings is 2. The first-order chi connectivity index (χ1) is 12.6. The van der Waals surface area contributed by atoms with Crippen LogP contribution in [0.1, 0.15) is 18.4 Å². The molecule has 0 unspecified atom stereocenters. The molecule has 3 rings (SSSR count). The van der Waals surface area contributed by atoms with Gasteiger partial charge in [0.15, 0.2) is 6.10 Å². The Hall–Kier alpha value is -2.53. The minimum atomic E-state index is -1.17. The summed E-state index contributed by atoms with van der Waals surface area (Å²) in [4.78, 5) is 14.5. The lowest BCUT2D eigenvalue weighted by molar-refractivity contribution is -0.131. The average molecular weight is 354 g/mol. The monoisotopic (exact) mass is 354 g/mol. The summed E-state index contributed by atoms with van der Waals surface area (Å²) >= 11 is 0. The Morgan fingerprint density at radius 1 is 1.15 bits per heavy atom. The van der Waals surface area contributed by atoms with E-state index in [2.05, 4.69) is 22.3 Å². The van der Waals surface area contributed by atoms with Crippen molar-refractivity contribution < 1.29 is 14.6 Å². The number of aryl methyl sites for hydroxylation is 1. The molecular formula is C21H26N2O3. The van der Waals surface area contributed by atoms with Gasteiger partial charge in [-0.3, -0.25) is 4.79 Å².